The Bertz CT molecular complexity index is 649. The van der Waals surface area contributed by atoms with Crippen molar-refractivity contribution in [3.63, 3.8) is 0 Å². The topological polar surface area (TPSA) is 73.4 Å². The number of carbonyl (C=O) groups is 1. The highest BCUT2D eigenvalue weighted by molar-refractivity contribution is 14.1. The van der Waals surface area contributed by atoms with Crippen molar-refractivity contribution in [2.24, 2.45) is 0 Å². The molecule has 0 aliphatic rings. The van der Waals surface area contributed by atoms with E-state index in [1.165, 1.54) is 24.4 Å². The lowest BCUT2D eigenvalue weighted by Gasteiger charge is -2.08. The first-order valence-electron chi connectivity index (χ1n) is 5.17. The van der Waals surface area contributed by atoms with Gasteiger partial charge in [-0.25, -0.2) is 9.18 Å². The normalized spacial score (nSPS) is 10.2. The van der Waals surface area contributed by atoms with E-state index in [1.54, 1.807) is 6.07 Å². The number of hydrogen-bond acceptors (Lipinski definition) is 3. The van der Waals surface area contributed by atoms with Gasteiger partial charge >= 0.3 is 5.97 Å². The van der Waals surface area contributed by atoms with Gasteiger partial charge in [0.25, 0.3) is 0 Å². The van der Waals surface area contributed by atoms with Crippen LogP contribution in [0.4, 0.5) is 15.8 Å². The van der Waals surface area contributed by atoms with Crippen LogP contribution in [0.1, 0.15) is 10.4 Å². The van der Waals surface area contributed by atoms with Crippen LogP contribution in [-0.4, -0.2) is 16.3 Å². The molecule has 5 nitrogen and oxygen atoms in total. The molecule has 1 heterocycles. The summed E-state index contributed by atoms with van der Waals surface area (Å²) in [4.78, 5) is 11.0. The Hall–Kier alpha value is -1.90. The van der Waals surface area contributed by atoms with Crippen molar-refractivity contribution in [1.29, 1.82) is 0 Å². The average Bonchev–Trinajstić information content (AvgIpc) is 2.32. The van der Waals surface area contributed by atoms with Crippen molar-refractivity contribution < 1.29 is 24.2 Å². The molecule has 1 aromatic heterocycles. The third kappa shape index (κ3) is 3.11. The van der Waals surface area contributed by atoms with Crippen LogP contribution in [0.15, 0.2) is 36.7 Å². The number of benzene rings is 1. The standard InChI is InChI=1S/C12H8FIN2O3/c13-9-5-7(14)1-2-10(9)15-11-6-16(19)4-3-8(11)12(17)18/h1-6,15H,(H-,17,18,19)/p+1. The molecule has 1 aromatic carbocycles. The Kier molecular flexibility index (Phi) is 3.84. The summed E-state index contributed by atoms with van der Waals surface area (Å²) in [6.45, 7) is 0. The van der Waals surface area contributed by atoms with Gasteiger partial charge in [-0.05, 0) is 40.8 Å². The Balaban J connectivity index is 2.42. The van der Waals surface area contributed by atoms with Crippen molar-refractivity contribution in [1.82, 2.24) is 0 Å². The molecule has 3 N–H and O–H groups in total. The minimum Gasteiger partial charge on any atom is -0.478 e. The maximum Gasteiger partial charge on any atom is 0.338 e. The number of aromatic nitrogens is 1. The molecule has 2 rings (SSSR count). The third-order valence-electron chi connectivity index (χ3n) is 2.38. The van der Waals surface area contributed by atoms with Crippen LogP contribution in [0.3, 0.4) is 0 Å². The quantitative estimate of drug-likeness (QED) is 0.438. The smallest absolute Gasteiger partial charge is 0.338 e. The Morgan fingerprint density at radius 2 is 2.05 bits per heavy atom. The molecule has 98 valence electrons. The highest BCUT2D eigenvalue weighted by Gasteiger charge is 2.16. The zero-order valence-electron chi connectivity index (χ0n) is 9.47. The number of halogens is 2. The minimum atomic E-state index is -1.17. The van der Waals surface area contributed by atoms with Gasteiger partial charge in [0.2, 0.25) is 12.4 Å². The summed E-state index contributed by atoms with van der Waals surface area (Å²) in [7, 11) is 0. The van der Waals surface area contributed by atoms with E-state index in [9.17, 15) is 14.4 Å². The summed E-state index contributed by atoms with van der Waals surface area (Å²) >= 11 is 1.97. The largest absolute Gasteiger partial charge is 0.478 e. The molecular weight excluding hydrogens is 366 g/mol. The Labute approximate surface area is 121 Å². The van der Waals surface area contributed by atoms with Crippen molar-refractivity contribution in [3.8, 4) is 0 Å². The van der Waals surface area contributed by atoms with Gasteiger partial charge in [-0.3, -0.25) is 5.21 Å². The molecule has 0 bridgehead atoms. The Morgan fingerprint density at radius 1 is 1.32 bits per heavy atom. The summed E-state index contributed by atoms with van der Waals surface area (Å²) in [6.07, 6.45) is 2.33. The van der Waals surface area contributed by atoms with Crippen molar-refractivity contribution in [3.05, 3.63) is 51.6 Å². The van der Waals surface area contributed by atoms with Crippen LogP contribution in [-0.2, 0) is 0 Å². The lowest BCUT2D eigenvalue weighted by atomic mass is 10.2. The minimum absolute atomic E-state index is 0.0664. The number of nitrogens with zero attached hydrogens (tertiary/aromatic N) is 1. The van der Waals surface area contributed by atoms with E-state index in [0.29, 0.717) is 4.73 Å². The van der Waals surface area contributed by atoms with Gasteiger partial charge in [0.1, 0.15) is 11.5 Å². The molecule has 0 fully saturated rings. The predicted molar refractivity (Wildman–Crippen MR) is 73.2 cm³/mol. The third-order valence-corrected chi connectivity index (χ3v) is 3.05. The molecule has 0 aliphatic carbocycles. The van der Waals surface area contributed by atoms with E-state index in [1.807, 2.05) is 22.6 Å². The second-order valence-electron chi connectivity index (χ2n) is 3.71. The Morgan fingerprint density at radius 3 is 2.68 bits per heavy atom. The first kappa shape index (κ1) is 13.5. The zero-order valence-corrected chi connectivity index (χ0v) is 11.6. The van der Waals surface area contributed by atoms with Crippen LogP contribution < -0.4 is 10.0 Å². The number of hydrogen-bond donors (Lipinski definition) is 3. The van der Waals surface area contributed by atoms with Crippen LogP contribution in [0.25, 0.3) is 0 Å². The fourth-order valence-corrected chi connectivity index (χ4v) is 1.96. The predicted octanol–water partition coefficient (Wildman–Crippen LogP) is 2.40. The summed E-state index contributed by atoms with van der Waals surface area (Å²) in [5, 5.41) is 21.0. The first-order valence-corrected chi connectivity index (χ1v) is 6.25. The number of carboxylic acids is 1. The number of rotatable bonds is 3. The molecule has 2 aromatic rings. The van der Waals surface area contributed by atoms with E-state index >= 15 is 0 Å². The summed E-state index contributed by atoms with van der Waals surface area (Å²) in [5.41, 5.74) is 0.162. The lowest BCUT2D eigenvalue weighted by Crippen LogP contribution is -2.29. The van der Waals surface area contributed by atoms with Gasteiger partial charge in [-0.1, -0.05) is 0 Å². The number of pyridine rings is 1. The molecule has 0 atom stereocenters. The average molecular weight is 375 g/mol. The number of nitrogens with one attached hydrogen (secondary N) is 1. The van der Waals surface area contributed by atoms with E-state index < -0.39 is 11.8 Å². The molecular formula is C12H9FIN2O3+. The number of aromatic carboxylic acids is 1. The van der Waals surface area contributed by atoms with Crippen LogP contribution in [0, 0.1) is 9.39 Å². The number of anilines is 2. The second-order valence-corrected chi connectivity index (χ2v) is 4.95. The molecule has 19 heavy (non-hydrogen) atoms. The van der Waals surface area contributed by atoms with Crippen molar-refractivity contribution in [2.75, 3.05) is 5.32 Å². The molecule has 0 aliphatic heterocycles. The second kappa shape index (κ2) is 5.39. The van der Waals surface area contributed by atoms with E-state index in [0.717, 1.165) is 9.77 Å². The monoisotopic (exact) mass is 375 g/mol. The fourth-order valence-electron chi connectivity index (χ4n) is 1.51. The molecule has 0 spiro atoms. The van der Waals surface area contributed by atoms with Crippen LogP contribution >= 0.6 is 22.6 Å². The maximum absolute atomic E-state index is 13.7. The molecule has 0 unspecified atom stereocenters. The SMILES string of the molecule is O=C(O)c1cc[n+](O)cc1Nc1ccc(I)cc1F. The van der Waals surface area contributed by atoms with Gasteiger partial charge in [-0.15, -0.1) is 0 Å². The first-order chi connectivity index (χ1) is 8.97. The molecule has 0 saturated heterocycles. The van der Waals surface area contributed by atoms with Gasteiger partial charge in [0.05, 0.1) is 11.3 Å². The van der Waals surface area contributed by atoms with E-state index in [4.69, 9.17) is 5.11 Å². The summed E-state index contributed by atoms with van der Waals surface area (Å²) in [5.74, 6) is -1.68. The van der Waals surface area contributed by atoms with Gasteiger partial charge in [0.15, 0.2) is 0 Å². The van der Waals surface area contributed by atoms with Gasteiger partial charge in [0, 0.05) is 14.4 Å². The molecule has 0 saturated carbocycles. The van der Waals surface area contributed by atoms with Crippen LogP contribution in [0.2, 0.25) is 0 Å². The molecule has 0 amide bonds. The highest BCUT2D eigenvalue weighted by atomic mass is 127. The van der Waals surface area contributed by atoms with Gasteiger partial charge in [-0.2, -0.15) is 0 Å². The van der Waals surface area contributed by atoms with Crippen molar-refractivity contribution in [2.45, 2.75) is 0 Å². The van der Waals surface area contributed by atoms with E-state index in [-0.39, 0.29) is 16.9 Å². The van der Waals surface area contributed by atoms with Crippen molar-refractivity contribution >= 4 is 39.9 Å². The van der Waals surface area contributed by atoms with Crippen LogP contribution in [0.5, 0.6) is 0 Å². The zero-order chi connectivity index (χ0) is 14.0. The lowest BCUT2D eigenvalue weighted by molar-refractivity contribution is -0.904. The van der Waals surface area contributed by atoms with E-state index in [2.05, 4.69) is 5.32 Å². The molecule has 0 radical (unpaired) electrons. The maximum atomic E-state index is 13.7. The summed E-state index contributed by atoms with van der Waals surface area (Å²) in [6, 6.07) is 5.72. The number of carboxylic acid groups (broad SMARTS) is 1. The fraction of sp³-hybridized carbons (Fsp3) is 0. The molecule has 7 heteroatoms. The van der Waals surface area contributed by atoms with Gasteiger partial charge < -0.3 is 10.4 Å². The highest BCUT2D eigenvalue weighted by Crippen LogP contribution is 2.23. The summed E-state index contributed by atoms with van der Waals surface area (Å²) < 4.78 is 15.1.